The zero-order chi connectivity index (χ0) is 21.9. The molecule has 0 amide bonds. The van der Waals surface area contributed by atoms with Gasteiger partial charge >= 0.3 is 0 Å². The number of nitrogens with two attached hydrogens (primary N) is 2. The highest BCUT2D eigenvalue weighted by Crippen LogP contribution is 2.57. The molecule has 0 spiro atoms. The normalized spacial score (nSPS) is 13.6. The zero-order valence-electron chi connectivity index (χ0n) is 17.5. The van der Waals surface area contributed by atoms with E-state index in [2.05, 4.69) is 24.3 Å². The Bertz CT molecular complexity index is 1210. The molecule has 0 radical (unpaired) electrons. The molecule has 0 saturated carbocycles. The van der Waals surface area contributed by atoms with Crippen LogP contribution in [0.15, 0.2) is 72.8 Å². The number of nitrogen functional groups attached to an aromatic ring is 2. The number of aromatic hydroxyl groups is 2. The standard InChI is InChI=1S/C27H24N2O2/c1-15-11-17(13-23(28)25(15)30)27(18-12-16(2)26(31)24(29)14-18)21-9-5-3-7-19(21)20-8-4-6-10-22(20)27/h3-14,30-31H,28-29H2,1-2H3. The van der Waals surface area contributed by atoms with Crippen LogP contribution in [0.2, 0.25) is 0 Å². The highest BCUT2D eigenvalue weighted by Gasteiger charge is 2.46. The Morgan fingerprint density at radius 2 is 1.00 bits per heavy atom. The van der Waals surface area contributed by atoms with Gasteiger partial charge in [-0.1, -0.05) is 60.7 Å². The van der Waals surface area contributed by atoms with E-state index in [0.29, 0.717) is 22.5 Å². The van der Waals surface area contributed by atoms with Crippen molar-refractivity contribution in [2.24, 2.45) is 0 Å². The van der Waals surface area contributed by atoms with Gasteiger partial charge in [0, 0.05) is 0 Å². The zero-order valence-corrected chi connectivity index (χ0v) is 17.5. The molecular weight excluding hydrogens is 384 g/mol. The van der Waals surface area contributed by atoms with Gasteiger partial charge in [0.2, 0.25) is 0 Å². The maximum atomic E-state index is 10.4. The smallest absolute Gasteiger partial charge is 0.141 e. The Morgan fingerprint density at radius 1 is 0.613 bits per heavy atom. The molecule has 4 aromatic carbocycles. The fraction of sp³-hybridized carbons (Fsp3) is 0.111. The molecule has 0 fully saturated rings. The van der Waals surface area contributed by atoms with E-state index in [4.69, 9.17) is 11.5 Å². The van der Waals surface area contributed by atoms with Crippen molar-refractivity contribution in [3.05, 3.63) is 106 Å². The van der Waals surface area contributed by atoms with E-state index in [1.54, 1.807) is 0 Å². The van der Waals surface area contributed by atoms with Gasteiger partial charge in [0.25, 0.3) is 0 Å². The van der Waals surface area contributed by atoms with Crippen molar-refractivity contribution in [2.75, 3.05) is 11.5 Å². The van der Waals surface area contributed by atoms with E-state index in [1.165, 1.54) is 0 Å². The Labute approximate surface area is 181 Å². The van der Waals surface area contributed by atoms with Gasteiger partial charge in [-0.3, -0.25) is 0 Å². The molecule has 4 nitrogen and oxygen atoms in total. The van der Waals surface area contributed by atoms with Gasteiger partial charge in [0.05, 0.1) is 16.8 Å². The fourth-order valence-corrected chi connectivity index (χ4v) is 5.07. The average molecular weight is 409 g/mol. The Kier molecular flexibility index (Phi) is 4.02. The highest BCUT2D eigenvalue weighted by atomic mass is 16.3. The second-order valence-corrected chi connectivity index (χ2v) is 8.30. The van der Waals surface area contributed by atoms with E-state index in [0.717, 1.165) is 33.4 Å². The molecule has 5 rings (SSSR count). The molecule has 1 aliphatic rings. The van der Waals surface area contributed by atoms with Crippen LogP contribution in [0.5, 0.6) is 11.5 Å². The minimum absolute atomic E-state index is 0.0971. The lowest BCUT2D eigenvalue weighted by Crippen LogP contribution is -2.29. The largest absolute Gasteiger partial charge is 0.506 e. The number of benzene rings is 4. The molecule has 0 bridgehead atoms. The second kappa shape index (κ2) is 6.54. The number of hydrogen-bond acceptors (Lipinski definition) is 4. The molecule has 31 heavy (non-hydrogen) atoms. The molecule has 0 aromatic heterocycles. The van der Waals surface area contributed by atoms with E-state index in [-0.39, 0.29) is 11.5 Å². The molecule has 4 heteroatoms. The van der Waals surface area contributed by atoms with Gasteiger partial charge in [-0.05, 0) is 70.5 Å². The maximum Gasteiger partial charge on any atom is 0.141 e. The topological polar surface area (TPSA) is 92.5 Å². The summed E-state index contributed by atoms with van der Waals surface area (Å²) in [5.41, 5.74) is 20.3. The fourth-order valence-electron chi connectivity index (χ4n) is 5.07. The number of rotatable bonds is 2. The summed E-state index contributed by atoms with van der Waals surface area (Å²) >= 11 is 0. The lowest BCUT2D eigenvalue weighted by Gasteiger charge is -2.35. The molecule has 0 unspecified atom stereocenters. The first kappa shape index (κ1) is 19.1. The number of fused-ring (bicyclic) bond motifs is 3. The first-order valence-electron chi connectivity index (χ1n) is 10.2. The Balaban J connectivity index is 2.00. The van der Waals surface area contributed by atoms with Crippen LogP contribution in [0.3, 0.4) is 0 Å². The van der Waals surface area contributed by atoms with Crippen molar-refractivity contribution < 1.29 is 10.2 Å². The number of phenols is 2. The van der Waals surface area contributed by atoms with Crippen molar-refractivity contribution in [3.63, 3.8) is 0 Å². The number of hydrogen-bond donors (Lipinski definition) is 4. The van der Waals surface area contributed by atoms with Crippen LogP contribution >= 0.6 is 0 Å². The predicted molar refractivity (Wildman–Crippen MR) is 125 cm³/mol. The molecule has 0 atom stereocenters. The van der Waals surface area contributed by atoms with Crippen molar-refractivity contribution in [2.45, 2.75) is 19.3 Å². The Hall–Kier alpha value is -3.92. The third-order valence-corrected chi connectivity index (χ3v) is 6.48. The highest BCUT2D eigenvalue weighted by molar-refractivity contribution is 5.87. The van der Waals surface area contributed by atoms with E-state index < -0.39 is 5.41 Å². The molecule has 154 valence electrons. The minimum Gasteiger partial charge on any atom is -0.506 e. The van der Waals surface area contributed by atoms with Crippen LogP contribution in [0.25, 0.3) is 11.1 Å². The first-order valence-corrected chi connectivity index (χ1v) is 10.2. The number of phenolic OH excluding ortho intramolecular Hbond substituents is 2. The summed E-state index contributed by atoms with van der Waals surface area (Å²) in [5.74, 6) is 0.194. The summed E-state index contributed by atoms with van der Waals surface area (Å²) in [5, 5.41) is 20.7. The van der Waals surface area contributed by atoms with Crippen molar-refractivity contribution in [1.82, 2.24) is 0 Å². The first-order chi connectivity index (χ1) is 14.9. The van der Waals surface area contributed by atoms with Crippen molar-refractivity contribution in [3.8, 4) is 22.6 Å². The van der Waals surface area contributed by atoms with E-state index >= 15 is 0 Å². The average Bonchev–Trinajstić information content (AvgIpc) is 3.06. The Morgan fingerprint density at radius 3 is 1.39 bits per heavy atom. The lowest BCUT2D eigenvalue weighted by molar-refractivity contribution is 0.473. The van der Waals surface area contributed by atoms with Crippen LogP contribution in [0.1, 0.15) is 33.4 Å². The van der Waals surface area contributed by atoms with Crippen LogP contribution in [0, 0.1) is 13.8 Å². The van der Waals surface area contributed by atoms with Gasteiger partial charge < -0.3 is 21.7 Å². The van der Waals surface area contributed by atoms with Gasteiger partial charge in [-0.2, -0.15) is 0 Å². The maximum absolute atomic E-state index is 10.4. The molecule has 4 aromatic rings. The van der Waals surface area contributed by atoms with Gasteiger partial charge in [-0.15, -0.1) is 0 Å². The third-order valence-electron chi connectivity index (χ3n) is 6.48. The van der Waals surface area contributed by atoms with Crippen molar-refractivity contribution in [1.29, 1.82) is 0 Å². The van der Waals surface area contributed by atoms with E-state index in [9.17, 15) is 10.2 Å². The van der Waals surface area contributed by atoms with Crippen LogP contribution < -0.4 is 11.5 Å². The van der Waals surface area contributed by atoms with Crippen LogP contribution in [-0.2, 0) is 5.41 Å². The molecular formula is C27H24N2O2. The summed E-state index contributed by atoms with van der Waals surface area (Å²) in [6, 6.07) is 24.3. The van der Waals surface area contributed by atoms with Crippen LogP contribution in [0.4, 0.5) is 11.4 Å². The summed E-state index contributed by atoms with van der Waals surface area (Å²) in [4.78, 5) is 0. The quantitative estimate of drug-likeness (QED) is 0.237. The molecule has 0 aliphatic heterocycles. The third kappa shape index (κ3) is 2.48. The van der Waals surface area contributed by atoms with Gasteiger partial charge in [0.15, 0.2) is 0 Å². The summed E-state index contributed by atoms with van der Waals surface area (Å²) in [7, 11) is 0. The monoisotopic (exact) mass is 408 g/mol. The molecule has 0 saturated heterocycles. The summed E-state index contributed by atoms with van der Waals surface area (Å²) in [6.07, 6.45) is 0. The molecule has 6 N–H and O–H groups in total. The molecule has 0 heterocycles. The van der Waals surface area contributed by atoms with Crippen LogP contribution in [-0.4, -0.2) is 10.2 Å². The molecule has 1 aliphatic carbocycles. The van der Waals surface area contributed by atoms with E-state index in [1.807, 2.05) is 62.4 Å². The lowest BCUT2D eigenvalue weighted by atomic mass is 9.67. The van der Waals surface area contributed by atoms with Gasteiger partial charge in [-0.25, -0.2) is 0 Å². The SMILES string of the molecule is Cc1cc(C2(c3cc(C)c(O)c(N)c3)c3ccccc3-c3ccccc32)cc(N)c1O. The number of aryl methyl sites for hydroxylation is 2. The second-order valence-electron chi connectivity index (χ2n) is 8.30. The minimum atomic E-state index is -0.688. The summed E-state index contributed by atoms with van der Waals surface area (Å²) in [6.45, 7) is 3.71. The van der Waals surface area contributed by atoms with Gasteiger partial charge in [0.1, 0.15) is 11.5 Å². The summed E-state index contributed by atoms with van der Waals surface area (Å²) < 4.78 is 0. The predicted octanol–water partition coefficient (Wildman–Crippen LogP) is 5.24. The van der Waals surface area contributed by atoms with Crippen molar-refractivity contribution >= 4 is 11.4 Å². The number of anilines is 2.